The highest BCUT2D eigenvalue weighted by molar-refractivity contribution is 6.42. The number of aldehydes is 1. The minimum absolute atomic E-state index is 0.0334. The lowest BCUT2D eigenvalue weighted by Gasteiger charge is -2.18. The van der Waals surface area contributed by atoms with Crippen LogP contribution in [-0.2, 0) is 33.3 Å². The molecule has 1 unspecified atom stereocenters. The summed E-state index contributed by atoms with van der Waals surface area (Å²) in [6.45, 7) is -0.922. The molecule has 1 atom stereocenters. The third kappa shape index (κ3) is 7.62. The van der Waals surface area contributed by atoms with Crippen molar-refractivity contribution in [1.82, 2.24) is 0 Å². The van der Waals surface area contributed by atoms with Crippen LogP contribution in [0.5, 0.6) is 0 Å². The number of rotatable bonds is 9. The largest absolute Gasteiger partial charge is 0.416 e. The van der Waals surface area contributed by atoms with Crippen LogP contribution in [0.25, 0.3) is 0 Å². The Balaban J connectivity index is 2.27. The molecule has 0 aromatic heterocycles. The molecule has 33 heavy (non-hydrogen) atoms. The van der Waals surface area contributed by atoms with Crippen LogP contribution >= 0.6 is 23.2 Å². The minimum Gasteiger partial charge on any atom is -0.399 e. The fourth-order valence-corrected chi connectivity index (χ4v) is 3.28. The van der Waals surface area contributed by atoms with Gasteiger partial charge < -0.3 is 14.4 Å². The lowest BCUT2D eigenvalue weighted by molar-refractivity contribution is -0.143. The van der Waals surface area contributed by atoms with Crippen LogP contribution in [0.2, 0.25) is 10.0 Å². The number of hydrogen-bond acceptors (Lipinski definition) is 4. The smallest absolute Gasteiger partial charge is 0.399 e. The first-order valence-electron chi connectivity index (χ1n) is 9.21. The molecule has 0 heterocycles. The lowest BCUT2D eigenvalue weighted by Crippen LogP contribution is -2.20. The van der Waals surface area contributed by atoms with Gasteiger partial charge in [-0.2, -0.15) is 26.3 Å². The summed E-state index contributed by atoms with van der Waals surface area (Å²) in [4.78, 5) is 16.0. The Kier molecular flexibility index (Phi) is 9.16. The van der Waals surface area contributed by atoms with E-state index in [-0.39, 0.29) is 40.4 Å². The molecule has 0 aliphatic carbocycles. The number of alkyl halides is 6. The minimum atomic E-state index is -4.97. The van der Waals surface area contributed by atoms with E-state index in [0.29, 0.717) is 24.0 Å². The molecule has 0 amide bonds. The lowest BCUT2D eigenvalue weighted by atomic mass is 9.91. The zero-order valence-corrected chi connectivity index (χ0v) is 18.4. The maximum Gasteiger partial charge on any atom is 0.416 e. The van der Waals surface area contributed by atoms with E-state index in [9.17, 15) is 31.1 Å². The van der Waals surface area contributed by atoms with E-state index >= 15 is 0 Å². The number of carbonyl (C=O) groups excluding carboxylic acids is 1. The van der Waals surface area contributed by atoms with E-state index in [4.69, 9.17) is 32.8 Å². The average Bonchev–Trinajstić information content (AvgIpc) is 2.72. The number of carbonyl (C=O) groups is 1. The van der Waals surface area contributed by atoms with Crippen molar-refractivity contribution in [2.45, 2.75) is 31.3 Å². The van der Waals surface area contributed by atoms with Crippen molar-refractivity contribution in [2.75, 3.05) is 13.7 Å². The molecule has 0 aliphatic rings. The van der Waals surface area contributed by atoms with E-state index in [2.05, 4.69) is 5.16 Å². The molecule has 0 spiro atoms. The summed E-state index contributed by atoms with van der Waals surface area (Å²) in [7, 11) is 1.23. The SMILES string of the molecule is CON=C(COCc1cc(C(F)(F)F)cc(C(F)(F)F)c1)C(CC=O)c1ccc(Cl)c(Cl)c1. The van der Waals surface area contributed by atoms with Gasteiger partial charge in [-0.25, -0.2) is 0 Å². The predicted molar refractivity (Wildman–Crippen MR) is 110 cm³/mol. The van der Waals surface area contributed by atoms with Crippen molar-refractivity contribution in [3.8, 4) is 0 Å². The normalized spacial score (nSPS) is 13.7. The summed E-state index contributed by atoms with van der Waals surface area (Å²) in [6.07, 6.45) is -9.39. The Morgan fingerprint density at radius 2 is 1.61 bits per heavy atom. The molecule has 12 heteroatoms. The molecular weight excluding hydrogens is 499 g/mol. The van der Waals surface area contributed by atoms with Crippen molar-refractivity contribution in [3.05, 3.63) is 68.7 Å². The molecule has 4 nitrogen and oxygen atoms in total. The van der Waals surface area contributed by atoms with Crippen molar-refractivity contribution in [2.24, 2.45) is 5.16 Å². The predicted octanol–water partition coefficient (Wildman–Crippen LogP) is 6.92. The summed E-state index contributed by atoms with van der Waals surface area (Å²) in [6, 6.07) is 5.78. The molecule has 0 aliphatic heterocycles. The molecule has 180 valence electrons. The molecule has 0 N–H and O–H groups in total. The quantitative estimate of drug-likeness (QED) is 0.157. The number of nitrogens with zero attached hydrogens (tertiary/aromatic N) is 1. The van der Waals surface area contributed by atoms with E-state index in [0.717, 1.165) is 0 Å². The summed E-state index contributed by atoms with van der Waals surface area (Å²) >= 11 is 11.9. The van der Waals surface area contributed by atoms with Crippen LogP contribution in [0.15, 0.2) is 41.6 Å². The molecule has 2 rings (SSSR count). The number of hydrogen-bond donors (Lipinski definition) is 0. The van der Waals surface area contributed by atoms with Crippen LogP contribution < -0.4 is 0 Å². The second-order valence-corrected chi connectivity index (χ2v) is 7.62. The van der Waals surface area contributed by atoms with E-state index in [1.165, 1.54) is 19.2 Å². The van der Waals surface area contributed by atoms with Gasteiger partial charge in [0, 0.05) is 12.3 Å². The molecule has 0 saturated carbocycles. The Hall–Kier alpha value is -2.30. The third-order valence-corrected chi connectivity index (χ3v) is 5.19. The van der Waals surface area contributed by atoms with Crippen molar-refractivity contribution in [3.63, 3.8) is 0 Å². The van der Waals surface area contributed by atoms with Gasteiger partial charge in [0.25, 0.3) is 0 Å². The summed E-state index contributed by atoms with van der Waals surface area (Å²) in [5.74, 6) is -0.676. The fraction of sp³-hybridized carbons (Fsp3) is 0.333. The standard InChI is InChI=1S/C21H17Cl2F6NO3/c1-32-30-19(16(4-5-31)13-2-3-17(22)18(23)8-13)11-33-10-12-6-14(20(24,25)26)9-15(7-12)21(27,28)29/h2-3,5-9,16H,4,10-11H2,1H3. The van der Waals surface area contributed by atoms with Crippen LogP contribution in [0.1, 0.15) is 34.6 Å². The highest BCUT2D eigenvalue weighted by Crippen LogP contribution is 2.36. The number of halogens is 8. The Bertz CT molecular complexity index is 976. The van der Waals surface area contributed by atoms with Gasteiger partial charge in [-0.15, -0.1) is 0 Å². The molecule has 0 radical (unpaired) electrons. The summed E-state index contributed by atoms with van der Waals surface area (Å²) < 4.78 is 83.5. The molecule has 0 saturated heterocycles. The summed E-state index contributed by atoms with van der Waals surface area (Å²) in [5, 5.41) is 4.30. The Labute approximate surface area is 195 Å². The van der Waals surface area contributed by atoms with Gasteiger partial charge >= 0.3 is 12.4 Å². The van der Waals surface area contributed by atoms with Crippen LogP contribution in [0.4, 0.5) is 26.3 Å². The second-order valence-electron chi connectivity index (χ2n) is 6.80. The zero-order chi connectivity index (χ0) is 24.8. The zero-order valence-electron chi connectivity index (χ0n) is 16.9. The molecule has 2 aromatic rings. The van der Waals surface area contributed by atoms with Crippen molar-refractivity contribution in [1.29, 1.82) is 0 Å². The van der Waals surface area contributed by atoms with Gasteiger partial charge in [0.05, 0.1) is 40.1 Å². The first-order chi connectivity index (χ1) is 15.4. The molecular formula is C21H17Cl2F6NO3. The number of oxime groups is 1. The van der Waals surface area contributed by atoms with Gasteiger partial charge in [0.2, 0.25) is 0 Å². The third-order valence-electron chi connectivity index (χ3n) is 4.45. The van der Waals surface area contributed by atoms with Gasteiger partial charge in [0.1, 0.15) is 13.4 Å². The Morgan fingerprint density at radius 1 is 1.00 bits per heavy atom. The van der Waals surface area contributed by atoms with Gasteiger partial charge in [-0.1, -0.05) is 34.4 Å². The maximum absolute atomic E-state index is 13.0. The van der Waals surface area contributed by atoms with Gasteiger partial charge in [0.15, 0.2) is 0 Å². The summed E-state index contributed by atoms with van der Waals surface area (Å²) in [5.41, 5.74) is -2.52. The van der Waals surface area contributed by atoms with Gasteiger partial charge in [-0.3, -0.25) is 0 Å². The van der Waals surface area contributed by atoms with Crippen molar-refractivity contribution >= 4 is 35.2 Å². The molecule has 0 bridgehead atoms. The van der Waals surface area contributed by atoms with Crippen LogP contribution in [0.3, 0.4) is 0 Å². The van der Waals surface area contributed by atoms with E-state index in [1.54, 1.807) is 6.07 Å². The topological polar surface area (TPSA) is 47.9 Å². The van der Waals surface area contributed by atoms with Gasteiger partial charge in [-0.05, 0) is 41.5 Å². The van der Waals surface area contributed by atoms with E-state index < -0.39 is 36.0 Å². The first-order valence-corrected chi connectivity index (χ1v) is 9.97. The average molecular weight is 516 g/mol. The monoisotopic (exact) mass is 515 g/mol. The van der Waals surface area contributed by atoms with Crippen LogP contribution in [-0.4, -0.2) is 25.7 Å². The Morgan fingerprint density at radius 3 is 2.09 bits per heavy atom. The maximum atomic E-state index is 13.0. The van der Waals surface area contributed by atoms with E-state index in [1.807, 2.05) is 0 Å². The van der Waals surface area contributed by atoms with Crippen LogP contribution in [0, 0.1) is 0 Å². The van der Waals surface area contributed by atoms with Crippen molar-refractivity contribution < 1.29 is 40.7 Å². The first kappa shape index (κ1) is 26.9. The molecule has 0 fully saturated rings. The molecule has 2 aromatic carbocycles. The highest BCUT2D eigenvalue weighted by atomic mass is 35.5. The number of benzene rings is 2. The fourth-order valence-electron chi connectivity index (χ4n) is 2.97. The highest BCUT2D eigenvalue weighted by Gasteiger charge is 2.36. The number of ether oxygens (including phenoxy) is 1. The second kappa shape index (κ2) is 11.2.